The molecule has 1 aliphatic heterocycles. The van der Waals surface area contributed by atoms with Crippen LogP contribution in [0.15, 0.2) is 42.5 Å². The number of ether oxygens (including phenoxy) is 1. The van der Waals surface area contributed by atoms with E-state index in [9.17, 15) is 9.59 Å². The van der Waals surface area contributed by atoms with Gasteiger partial charge in [-0.25, -0.2) is 0 Å². The molecule has 1 N–H and O–H groups in total. The third-order valence-corrected chi connectivity index (χ3v) is 4.25. The number of rotatable bonds is 4. The first-order valence-corrected chi connectivity index (χ1v) is 7.72. The fraction of sp³-hybridized carbons (Fsp3) is 0.333. The first-order valence-electron chi connectivity index (χ1n) is 7.72. The molecule has 0 spiro atoms. The molecule has 2 aromatic rings. The number of fused-ring (bicyclic) bond motifs is 1. The van der Waals surface area contributed by atoms with Gasteiger partial charge >= 0.3 is 5.97 Å². The average Bonchev–Trinajstić information content (AvgIpc) is 3.04. The van der Waals surface area contributed by atoms with Gasteiger partial charge in [-0.1, -0.05) is 36.4 Å². The van der Waals surface area contributed by atoms with Crippen molar-refractivity contribution in [2.45, 2.75) is 19.4 Å². The minimum absolute atomic E-state index is 0.165. The summed E-state index contributed by atoms with van der Waals surface area (Å²) in [6, 6.07) is 13.6. The minimum Gasteiger partial charge on any atom is -0.481 e. The molecule has 0 aromatic heterocycles. The van der Waals surface area contributed by atoms with Crippen LogP contribution in [0, 0.1) is 5.92 Å². The van der Waals surface area contributed by atoms with Gasteiger partial charge in [0.15, 0.2) is 6.10 Å². The number of carboxylic acids is 1. The Bertz CT molecular complexity index is 737. The van der Waals surface area contributed by atoms with E-state index in [1.165, 1.54) is 0 Å². The number of carbonyl (C=O) groups is 2. The molecular weight excluding hydrogens is 294 g/mol. The fourth-order valence-electron chi connectivity index (χ4n) is 2.96. The molecule has 3 rings (SSSR count). The van der Waals surface area contributed by atoms with Crippen LogP contribution in [-0.2, 0) is 9.59 Å². The van der Waals surface area contributed by atoms with E-state index >= 15 is 0 Å². The van der Waals surface area contributed by atoms with Crippen molar-refractivity contribution in [1.29, 1.82) is 0 Å². The Hall–Kier alpha value is -2.56. The molecule has 120 valence electrons. The average molecular weight is 313 g/mol. The van der Waals surface area contributed by atoms with Gasteiger partial charge in [0.1, 0.15) is 5.75 Å². The molecule has 2 atom stereocenters. The van der Waals surface area contributed by atoms with E-state index in [1.807, 2.05) is 42.5 Å². The van der Waals surface area contributed by atoms with Gasteiger partial charge in [-0.15, -0.1) is 0 Å². The molecular formula is C18H19NO4. The summed E-state index contributed by atoms with van der Waals surface area (Å²) in [7, 11) is 0. The molecule has 1 saturated heterocycles. The maximum absolute atomic E-state index is 12.5. The third kappa shape index (κ3) is 3.13. The number of carboxylic acid groups (broad SMARTS) is 1. The maximum atomic E-state index is 12.5. The molecule has 2 aromatic carbocycles. The molecule has 23 heavy (non-hydrogen) atoms. The number of aliphatic carboxylic acids is 1. The highest BCUT2D eigenvalue weighted by Gasteiger charge is 2.33. The van der Waals surface area contributed by atoms with Crippen molar-refractivity contribution in [3.63, 3.8) is 0 Å². The lowest BCUT2D eigenvalue weighted by Crippen LogP contribution is -2.39. The van der Waals surface area contributed by atoms with Crippen LogP contribution >= 0.6 is 0 Å². The van der Waals surface area contributed by atoms with E-state index in [1.54, 1.807) is 11.8 Å². The third-order valence-electron chi connectivity index (χ3n) is 4.25. The zero-order valence-corrected chi connectivity index (χ0v) is 12.9. The summed E-state index contributed by atoms with van der Waals surface area (Å²) in [5, 5.41) is 11.0. The molecule has 0 aliphatic carbocycles. The molecule has 5 heteroatoms. The van der Waals surface area contributed by atoms with E-state index < -0.39 is 18.0 Å². The zero-order chi connectivity index (χ0) is 16.4. The summed E-state index contributed by atoms with van der Waals surface area (Å²) < 4.78 is 5.86. The van der Waals surface area contributed by atoms with E-state index in [4.69, 9.17) is 9.84 Å². The molecule has 1 amide bonds. The molecule has 5 nitrogen and oxygen atoms in total. The molecule has 0 bridgehead atoms. The molecule has 1 heterocycles. The Balaban J connectivity index is 1.72. The number of nitrogens with zero attached hydrogens (tertiary/aromatic N) is 1. The minimum atomic E-state index is -0.845. The first kappa shape index (κ1) is 15.3. The van der Waals surface area contributed by atoms with Gasteiger partial charge in [-0.3, -0.25) is 9.59 Å². The normalized spacial score (nSPS) is 18.8. The van der Waals surface area contributed by atoms with E-state index in [2.05, 4.69) is 0 Å². The van der Waals surface area contributed by atoms with Crippen molar-refractivity contribution in [3.8, 4) is 5.75 Å². The van der Waals surface area contributed by atoms with Crippen LogP contribution in [0.25, 0.3) is 10.8 Å². The van der Waals surface area contributed by atoms with E-state index in [0.717, 1.165) is 10.8 Å². The lowest BCUT2D eigenvalue weighted by Gasteiger charge is -2.22. The summed E-state index contributed by atoms with van der Waals surface area (Å²) in [4.78, 5) is 25.0. The highest BCUT2D eigenvalue weighted by Crippen LogP contribution is 2.27. The van der Waals surface area contributed by atoms with Crippen LogP contribution < -0.4 is 4.74 Å². The van der Waals surface area contributed by atoms with Crippen LogP contribution in [0.2, 0.25) is 0 Å². The van der Waals surface area contributed by atoms with Crippen molar-refractivity contribution in [2.24, 2.45) is 5.92 Å². The number of amides is 1. The largest absolute Gasteiger partial charge is 0.481 e. The Morgan fingerprint density at radius 2 is 1.96 bits per heavy atom. The van der Waals surface area contributed by atoms with Gasteiger partial charge in [0.25, 0.3) is 5.91 Å². The summed E-state index contributed by atoms with van der Waals surface area (Å²) in [5.41, 5.74) is 0. The van der Waals surface area contributed by atoms with Gasteiger partial charge in [-0.05, 0) is 24.8 Å². The molecule has 1 fully saturated rings. The number of carbonyl (C=O) groups excluding carboxylic acids is 1. The highest BCUT2D eigenvalue weighted by atomic mass is 16.5. The van der Waals surface area contributed by atoms with Crippen molar-refractivity contribution >= 4 is 22.6 Å². The summed E-state index contributed by atoms with van der Waals surface area (Å²) in [6.07, 6.45) is -0.143. The number of hydrogen-bond acceptors (Lipinski definition) is 3. The van der Waals surface area contributed by atoms with Gasteiger partial charge < -0.3 is 14.7 Å². The second-order valence-electron chi connectivity index (χ2n) is 5.85. The van der Waals surface area contributed by atoms with Crippen molar-refractivity contribution in [3.05, 3.63) is 42.5 Å². The summed E-state index contributed by atoms with van der Waals surface area (Å²) in [6.45, 7) is 2.44. The van der Waals surface area contributed by atoms with Crippen LogP contribution in [-0.4, -0.2) is 41.1 Å². The summed E-state index contributed by atoms with van der Waals surface area (Å²) in [5.74, 6) is -0.814. The topological polar surface area (TPSA) is 66.8 Å². The Morgan fingerprint density at radius 3 is 2.70 bits per heavy atom. The smallest absolute Gasteiger partial charge is 0.308 e. The van der Waals surface area contributed by atoms with E-state index in [-0.39, 0.29) is 12.5 Å². The molecule has 2 unspecified atom stereocenters. The SMILES string of the molecule is CC(Oc1cccc2ccccc12)C(=O)N1CCC(C(=O)O)C1. The maximum Gasteiger partial charge on any atom is 0.308 e. The molecule has 0 saturated carbocycles. The second-order valence-corrected chi connectivity index (χ2v) is 5.85. The Labute approximate surface area is 134 Å². The van der Waals surface area contributed by atoms with Crippen LogP contribution in [0.5, 0.6) is 5.75 Å². The molecule has 0 radical (unpaired) electrons. The van der Waals surface area contributed by atoms with Crippen molar-refractivity contribution in [2.75, 3.05) is 13.1 Å². The lowest BCUT2D eigenvalue weighted by atomic mass is 10.1. The van der Waals surface area contributed by atoms with Gasteiger partial charge in [0.05, 0.1) is 5.92 Å². The Morgan fingerprint density at radius 1 is 1.22 bits per heavy atom. The monoisotopic (exact) mass is 313 g/mol. The van der Waals surface area contributed by atoms with Crippen molar-refractivity contribution in [1.82, 2.24) is 4.90 Å². The number of likely N-dealkylation sites (tertiary alicyclic amines) is 1. The van der Waals surface area contributed by atoms with Gasteiger partial charge in [0, 0.05) is 18.5 Å². The quantitative estimate of drug-likeness (QED) is 0.942. The number of hydrogen-bond donors (Lipinski definition) is 1. The van der Waals surface area contributed by atoms with Gasteiger partial charge in [-0.2, -0.15) is 0 Å². The summed E-state index contributed by atoms with van der Waals surface area (Å²) >= 11 is 0. The standard InChI is InChI=1S/C18H19NO4/c1-12(17(20)19-10-9-14(11-19)18(21)22)23-16-8-4-6-13-5-2-3-7-15(13)16/h2-8,12,14H,9-11H2,1H3,(H,21,22). The first-order chi connectivity index (χ1) is 11.1. The van der Waals surface area contributed by atoms with Crippen LogP contribution in [0.4, 0.5) is 0 Å². The number of benzene rings is 2. The van der Waals surface area contributed by atoms with Crippen LogP contribution in [0.3, 0.4) is 0 Å². The Kier molecular flexibility index (Phi) is 4.19. The predicted octanol–water partition coefficient (Wildman–Crippen LogP) is 2.54. The lowest BCUT2D eigenvalue weighted by molar-refractivity contribution is -0.142. The van der Waals surface area contributed by atoms with Crippen molar-refractivity contribution < 1.29 is 19.4 Å². The fourth-order valence-corrected chi connectivity index (χ4v) is 2.96. The van der Waals surface area contributed by atoms with Crippen LogP contribution in [0.1, 0.15) is 13.3 Å². The highest BCUT2D eigenvalue weighted by molar-refractivity contribution is 5.89. The predicted molar refractivity (Wildman–Crippen MR) is 86.4 cm³/mol. The zero-order valence-electron chi connectivity index (χ0n) is 12.9. The second kappa shape index (κ2) is 6.28. The molecule has 1 aliphatic rings. The van der Waals surface area contributed by atoms with Gasteiger partial charge in [0.2, 0.25) is 0 Å². The van der Waals surface area contributed by atoms with E-state index in [0.29, 0.717) is 18.7 Å².